The predicted octanol–water partition coefficient (Wildman–Crippen LogP) is 3.83. The Hall–Kier alpha value is -1.51. The van der Waals surface area contributed by atoms with Gasteiger partial charge in [0.05, 0.1) is 0 Å². The van der Waals surface area contributed by atoms with Crippen LogP contribution in [0.4, 0.5) is 5.69 Å². The van der Waals surface area contributed by atoms with Gasteiger partial charge in [0.1, 0.15) is 0 Å². The summed E-state index contributed by atoms with van der Waals surface area (Å²) >= 11 is 0. The minimum Gasteiger partial charge on any atom is -0.399 e. The van der Waals surface area contributed by atoms with Gasteiger partial charge in [-0.05, 0) is 42.4 Å². The summed E-state index contributed by atoms with van der Waals surface area (Å²) in [4.78, 5) is 15.0. The Balaban J connectivity index is 2.13. The molecular weight excluding hydrogens is 260 g/mol. The van der Waals surface area contributed by atoms with Crippen molar-refractivity contribution in [3.05, 3.63) is 29.8 Å². The summed E-state index contributed by atoms with van der Waals surface area (Å²) in [5.74, 6) is 0.492. The molecule has 1 aliphatic rings. The van der Waals surface area contributed by atoms with E-state index >= 15 is 0 Å². The number of carbonyl (C=O) groups excluding carboxylic acids is 1. The zero-order valence-electron chi connectivity index (χ0n) is 13.6. The number of amides is 1. The Morgan fingerprint density at radius 2 is 2.19 bits per heavy atom. The van der Waals surface area contributed by atoms with Gasteiger partial charge in [0, 0.05) is 24.7 Å². The van der Waals surface area contributed by atoms with Gasteiger partial charge in [0.2, 0.25) is 5.91 Å². The molecule has 0 aliphatic heterocycles. The Morgan fingerprint density at radius 3 is 2.76 bits per heavy atom. The standard InChI is InChI=1S/C18H28N2O/c1-4-11-20(13-14-7-5-8-15(19)12-14)17(21)16-9-6-10-18(16,2)3/h5,7-8,12,16H,4,6,9-11,13,19H2,1-3H3. The van der Waals surface area contributed by atoms with Gasteiger partial charge in [-0.1, -0.05) is 39.3 Å². The fraction of sp³-hybridized carbons (Fsp3) is 0.611. The molecule has 21 heavy (non-hydrogen) atoms. The van der Waals surface area contributed by atoms with Gasteiger partial charge in [-0.3, -0.25) is 4.79 Å². The Kier molecular flexibility index (Phi) is 4.92. The van der Waals surface area contributed by atoms with Crippen molar-refractivity contribution in [3.8, 4) is 0 Å². The summed E-state index contributed by atoms with van der Waals surface area (Å²) < 4.78 is 0. The summed E-state index contributed by atoms with van der Waals surface area (Å²) in [6, 6.07) is 7.86. The van der Waals surface area contributed by atoms with E-state index < -0.39 is 0 Å². The second-order valence-electron chi connectivity index (χ2n) is 6.94. The van der Waals surface area contributed by atoms with Gasteiger partial charge in [-0.25, -0.2) is 0 Å². The highest BCUT2D eigenvalue weighted by Crippen LogP contribution is 2.43. The minimum absolute atomic E-state index is 0.138. The van der Waals surface area contributed by atoms with Gasteiger partial charge < -0.3 is 10.6 Å². The van der Waals surface area contributed by atoms with Crippen LogP contribution >= 0.6 is 0 Å². The van der Waals surface area contributed by atoms with Crippen molar-refractivity contribution in [2.24, 2.45) is 11.3 Å². The van der Waals surface area contributed by atoms with Crippen LogP contribution in [-0.4, -0.2) is 17.4 Å². The van der Waals surface area contributed by atoms with Crippen molar-refractivity contribution in [2.75, 3.05) is 12.3 Å². The van der Waals surface area contributed by atoms with Crippen LogP contribution < -0.4 is 5.73 Å². The third-order valence-electron chi connectivity index (χ3n) is 4.69. The van der Waals surface area contributed by atoms with Crippen molar-refractivity contribution in [3.63, 3.8) is 0 Å². The van der Waals surface area contributed by atoms with E-state index in [0.717, 1.165) is 37.1 Å². The number of nitrogen functional groups attached to an aromatic ring is 1. The highest BCUT2D eigenvalue weighted by atomic mass is 16.2. The summed E-state index contributed by atoms with van der Waals surface area (Å²) in [7, 11) is 0. The Bertz CT molecular complexity index is 496. The average Bonchev–Trinajstić information content (AvgIpc) is 2.77. The van der Waals surface area contributed by atoms with Gasteiger partial charge >= 0.3 is 0 Å². The number of hydrogen-bond acceptors (Lipinski definition) is 2. The van der Waals surface area contributed by atoms with E-state index in [1.165, 1.54) is 6.42 Å². The van der Waals surface area contributed by atoms with E-state index in [9.17, 15) is 4.79 Å². The Morgan fingerprint density at radius 1 is 1.43 bits per heavy atom. The van der Waals surface area contributed by atoms with Crippen molar-refractivity contribution < 1.29 is 4.79 Å². The fourth-order valence-electron chi connectivity index (χ4n) is 3.45. The average molecular weight is 288 g/mol. The number of anilines is 1. The quantitative estimate of drug-likeness (QED) is 0.837. The molecule has 0 aromatic heterocycles. The normalized spacial score (nSPS) is 20.4. The molecule has 0 saturated heterocycles. The van der Waals surface area contributed by atoms with Gasteiger partial charge in [0.25, 0.3) is 0 Å². The fourth-order valence-corrected chi connectivity index (χ4v) is 3.45. The van der Waals surface area contributed by atoms with E-state index in [1.807, 2.05) is 29.2 Å². The lowest BCUT2D eigenvalue weighted by molar-refractivity contribution is -0.139. The van der Waals surface area contributed by atoms with Crippen LogP contribution in [0.1, 0.15) is 52.0 Å². The molecule has 2 rings (SSSR count). The molecule has 1 aromatic rings. The van der Waals surface area contributed by atoms with Crippen LogP contribution in [-0.2, 0) is 11.3 Å². The number of carbonyl (C=O) groups is 1. The molecule has 3 nitrogen and oxygen atoms in total. The second kappa shape index (κ2) is 6.50. The molecule has 1 amide bonds. The summed E-state index contributed by atoms with van der Waals surface area (Å²) in [6.07, 6.45) is 4.34. The first kappa shape index (κ1) is 15.9. The third-order valence-corrected chi connectivity index (χ3v) is 4.69. The van der Waals surface area contributed by atoms with E-state index in [1.54, 1.807) is 0 Å². The first-order chi connectivity index (χ1) is 9.94. The maximum atomic E-state index is 12.9. The van der Waals surface area contributed by atoms with Crippen molar-refractivity contribution >= 4 is 11.6 Å². The largest absolute Gasteiger partial charge is 0.399 e. The lowest BCUT2D eigenvalue weighted by Crippen LogP contribution is -2.40. The Labute approximate surface area is 128 Å². The number of hydrogen-bond donors (Lipinski definition) is 1. The number of benzene rings is 1. The van der Waals surface area contributed by atoms with Crippen molar-refractivity contribution in [1.29, 1.82) is 0 Å². The second-order valence-corrected chi connectivity index (χ2v) is 6.94. The molecule has 1 saturated carbocycles. The predicted molar refractivity (Wildman–Crippen MR) is 87.7 cm³/mol. The lowest BCUT2D eigenvalue weighted by atomic mass is 9.81. The molecule has 0 radical (unpaired) electrons. The van der Waals surface area contributed by atoms with E-state index in [2.05, 4.69) is 20.8 Å². The number of rotatable bonds is 5. The number of nitrogens with two attached hydrogens (primary N) is 1. The van der Waals surface area contributed by atoms with E-state index in [-0.39, 0.29) is 11.3 Å². The minimum atomic E-state index is 0.138. The van der Waals surface area contributed by atoms with Crippen LogP contribution in [0, 0.1) is 11.3 Å². The summed E-state index contributed by atoms with van der Waals surface area (Å²) in [6.45, 7) is 8.07. The lowest BCUT2D eigenvalue weighted by Gasteiger charge is -2.32. The molecule has 0 bridgehead atoms. The number of nitrogens with zero attached hydrogens (tertiary/aromatic N) is 1. The molecule has 1 aliphatic carbocycles. The highest BCUT2D eigenvalue weighted by molar-refractivity contribution is 5.80. The smallest absolute Gasteiger partial charge is 0.226 e. The van der Waals surface area contributed by atoms with Crippen LogP contribution in [0.2, 0.25) is 0 Å². The first-order valence-electron chi connectivity index (χ1n) is 8.07. The molecule has 2 N–H and O–H groups in total. The molecule has 0 heterocycles. The van der Waals surface area contributed by atoms with Crippen LogP contribution in [0.5, 0.6) is 0 Å². The van der Waals surface area contributed by atoms with Crippen molar-refractivity contribution in [1.82, 2.24) is 4.90 Å². The molecule has 1 atom stereocenters. The summed E-state index contributed by atoms with van der Waals surface area (Å²) in [5, 5.41) is 0. The molecule has 0 spiro atoms. The van der Waals surface area contributed by atoms with Crippen molar-refractivity contribution in [2.45, 2.75) is 53.0 Å². The van der Waals surface area contributed by atoms with E-state index in [0.29, 0.717) is 12.5 Å². The third kappa shape index (κ3) is 3.78. The molecule has 3 heteroatoms. The van der Waals surface area contributed by atoms with Gasteiger partial charge in [-0.2, -0.15) is 0 Å². The van der Waals surface area contributed by atoms with Gasteiger partial charge in [0.15, 0.2) is 0 Å². The summed E-state index contributed by atoms with van der Waals surface area (Å²) in [5.41, 5.74) is 7.86. The maximum Gasteiger partial charge on any atom is 0.226 e. The zero-order valence-corrected chi connectivity index (χ0v) is 13.6. The molecular formula is C18H28N2O. The van der Waals surface area contributed by atoms with Crippen LogP contribution in [0.15, 0.2) is 24.3 Å². The topological polar surface area (TPSA) is 46.3 Å². The van der Waals surface area contributed by atoms with Gasteiger partial charge in [-0.15, -0.1) is 0 Å². The molecule has 116 valence electrons. The zero-order chi connectivity index (χ0) is 15.5. The van der Waals surface area contributed by atoms with Crippen LogP contribution in [0.25, 0.3) is 0 Å². The SMILES string of the molecule is CCCN(Cc1cccc(N)c1)C(=O)C1CCCC1(C)C. The van der Waals surface area contributed by atoms with Crippen LogP contribution in [0.3, 0.4) is 0 Å². The highest BCUT2D eigenvalue weighted by Gasteiger charge is 2.40. The first-order valence-corrected chi connectivity index (χ1v) is 8.07. The molecule has 1 fully saturated rings. The molecule has 1 aromatic carbocycles. The monoisotopic (exact) mass is 288 g/mol. The van der Waals surface area contributed by atoms with E-state index in [4.69, 9.17) is 5.73 Å². The maximum absolute atomic E-state index is 12.9. The molecule has 1 unspecified atom stereocenters.